The highest BCUT2D eigenvalue weighted by Crippen LogP contribution is 2.29. The van der Waals surface area contributed by atoms with Crippen LogP contribution in [-0.4, -0.2) is 28.7 Å². The standard InChI is InChI=1S/C15H19NO5S/c1-11(8-12-6-7-21-10-12)16-22(17,18)13-4-5-14(19-2)15(9-13)20-3/h4-7,9-11,16H,8H2,1-3H3. The van der Waals surface area contributed by atoms with Gasteiger partial charge in [-0.2, -0.15) is 0 Å². The smallest absolute Gasteiger partial charge is 0.240 e. The van der Waals surface area contributed by atoms with E-state index < -0.39 is 10.0 Å². The molecule has 0 bridgehead atoms. The fraction of sp³-hybridized carbons (Fsp3) is 0.333. The van der Waals surface area contributed by atoms with E-state index in [2.05, 4.69) is 4.72 Å². The van der Waals surface area contributed by atoms with Crippen molar-refractivity contribution < 1.29 is 22.3 Å². The molecule has 1 aromatic heterocycles. The van der Waals surface area contributed by atoms with Gasteiger partial charge in [0.15, 0.2) is 11.5 Å². The van der Waals surface area contributed by atoms with Gasteiger partial charge < -0.3 is 13.9 Å². The van der Waals surface area contributed by atoms with E-state index in [1.54, 1.807) is 31.6 Å². The van der Waals surface area contributed by atoms with E-state index in [4.69, 9.17) is 13.9 Å². The Morgan fingerprint density at radius 1 is 1.18 bits per heavy atom. The van der Waals surface area contributed by atoms with Crippen LogP contribution in [0.25, 0.3) is 0 Å². The number of furan rings is 1. The molecule has 0 radical (unpaired) electrons. The number of hydrogen-bond donors (Lipinski definition) is 1. The zero-order valence-electron chi connectivity index (χ0n) is 12.7. The lowest BCUT2D eigenvalue weighted by Gasteiger charge is -2.15. The summed E-state index contributed by atoms with van der Waals surface area (Å²) in [7, 11) is -0.678. The van der Waals surface area contributed by atoms with Crippen molar-refractivity contribution in [2.45, 2.75) is 24.3 Å². The average Bonchev–Trinajstić information content (AvgIpc) is 2.98. The summed E-state index contributed by atoms with van der Waals surface area (Å²) in [6.07, 6.45) is 3.70. The third kappa shape index (κ3) is 3.80. The zero-order valence-corrected chi connectivity index (χ0v) is 13.5. The largest absolute Gasteiger partial charge is 0.493 e. The highest BCUT2D eigenvalue weighted by atomic mass is 32.2. The Balaban J connectivity index is 2.15. The van der Waals surface area contributed by atoms with Crippen LogP contribution in [0.4, 0.5) is 0 Å². The van der Waals surface area contributed by atoms with E-state index >= 15 is 0 Å². The van der Waals surface area contributed by atoms with E-state index in [1.165, 1.54) is 26.4 Å². The van der Waals surface area contributed by atoms with Crippen LogP contribution in [0.1, 0.15) is 12.5 Å². The average molecular weight is 325 g/mol. The number of ether oxygens (including phenoxy) is 2. The molecule has 0 saturated heterocycles. The molecule has 1 heterocycles. The first-order chi connectivity index (χ1) is 10.5. The lowest BCUT2D eigenvalue weighted by molar-refractivity contribution is 0.354. The molecule has 0 aliphatic heterocycles. The Morgan fingerprint density at radius 2 is 1.91 bits per heavy atom. The fourth-order valence-electron chi connectivity index (χ4n) is 2.12. The minimum Gasteiger partial charge on any atom is -0.493 e. The van der Waals surface area contributed by atoms with Crippen molar-refractivity contribution in [1.82, 2.24) is 4.72 Å². The molecule has 0 aliphatic carbocycles. The van der Waals surface area contributed by atoms with Crippen molar-refractivity contribution in [1.29, 1.82) is 0 Å². The van der Waals surface area contributed by atoms with Crippen LogP contribution in [-0.2, 0) is 16.4 Å². The van der Waals surface area contributed by atoms with Crippen molar-refractivity contribution in [3.05, 3.63) is 42.4 Å². The van der Waals surface area contributed by atoms with Gasteiger partial charge in [0.1, 0.15) is 0 Å². The number of benzene rings is 1. The first-order valence-corrected chi connectivity index (χ1v) is 8.20. The second kappa shape index (κ2) is 6.85. The number of nitrogens with one attached hydrogen (secondary N) is 1. The van der Waals surface area contributed by atoms with E-state index in [9.17, 15) is 8.42 Å². The molecule has 1 unspecified atom stereocenters. The Kier molecular flexibility index (Phi) is 5.10. The minimum absolute atomic E-state index is 0.129. The summed E-state index contributed by atoms with van der Waals surface area (Å²) >= 11 is 0. The molecule has 0 amide bonds. The van der Waals surface area contributed by atoms with Gasteiger partial charge in [-0.1, -0.05) is 0 Å². The monoisotopic (exact) mass is 325 g/mol. The maximum atomic E-state index is 12.4. The highest BCUT2D eigenvalue weighted by Gasteiger charge is 2.19. The lowest BCUT2D eigenvalue weighted by atomic mass is 10.1. The normalized spacial score (nSPS) is 12.9. The van der Waals surface area contributed by atoms with Gasteiger partial charge in [0.25, 0.3) is 0 Å². The number of sulfonamides is 1. The van der Waals surface area contributed by atoms with E-state index in [0.717, 1.165) is 5.56 Å². The van der Waals surface area contributed by atoms with Gasteiger partial charge in [0.2, 0.25) is 10.0 Å². The molecule has 2 aromatic rings. The molecule has 1 N–H and O–H groups in total. The Morgan fingerprint density at radius 3 is 2.50 bits per heavy atom. The predicted octanol–water partition coefficient (Wildman–Crippen LogP) is 2.21. The molecule has 0 spiro atoms. The predicted molar refractivity (Wildman–Crippen MR) is 81.7 cm³/mol. The van der Waals surface area contributed by atoms with Crippen molar-refractivity contribution >= 4 is 10.0 Å². The summed E-state index contributed by atoms with van der Waals surface area (Å²) < 4.78 is 42.7. The number of hydrogen-bond acceptors (Lipinski definition) is 5. The van der Waals surface area contributed by atoms with Crippen LogP contribution in [0.2, 0.25) is 0 Å². The SMILES string of the molecule is COc1ccc(S(=O)(=O)NC(C)Cc2ccoc2)cc1OC. The molecule has 7 heteroatoms. The second-order valence-corrected chi connectivity index (χ2v) is 6.59. The van der Waals surface area contributed by atoms with Crippen LogP contribution in [0, 0.1) is 0 Å². The zero-order chi connectivity index (χ0) is 16.2. The maximum absolute atomic E-state index is 12.4. The molecule has 2 rings (SSSR count). The van der Waals surface area contributed by atoms with Crippen LogP contribution in [0.15, 0.2) is 46.1 Å². The van der Waals surface area contributed by atoms with Crippen molar-refractivity contribution in [2.24, 2.45) is 0 Å². The summed E-state index contributed by atoms with van der Waals surface area (Å²) in [5.74, 6) is 0.848. The fourth-order valence-corrected chi connectivity index (χ4v) is 3.38. The molecule has 1 atom stereocenters. The van der Waals surface area contributed by atoms with Crippen molar-refractivity contribution in [3.8, 4) is 11.5 Å². The first-order valence-electron chi connectivity index (χ1n) is 6.71. The summed E-state index contributed by atoms with van der Waals surface area (Å²) in [6, 6.07) is 6.02. The number of methoxy groups -OCH3 is 2. The molecular formula is C15H19NO5S. The summed E-state index contributed by atoms with van der Waals surface area (Å²) in [5, 5.41) is 0. The van der Waals surface area contributed by atoms with Crippen molar-refractivity contribution in [2.75, 3.05) is 14.2 Å². The molecule has 0 saturated carbocycles. The van der Waals surface area contributed by atoms with E-state index in [-0.39, 0.29) is 10.9 Å². The third-order valence-electron chi connectivity index (χ3n) is 3.14. The van der Waals surface area contributed by atoms with Gasteiger partial charge in [-0.3, -0.25) is 0 Å². The second-order valence-electron chi connectivity index (χ2n) is 4.87. The minimum atomic E-state index is -3.64. The van der Waals surface area contributed by atoms with Gasteiger partial charge in [0, 0.05) is 12.1 Å². The molecule has 120 valence electrons. The van der Waals surface area contributed by atoms with Gasteiger partial charge in [0.05, 0.1) is 31.6 Å². The van der Waals surface area contributed by atoms with Crippen LogP contribution < -0.4 is 14.2 Å². The van der Waals surface area contributed by atoms with E-state index in [0.29, 0.717) is 17.9 Å². The Bertz CT molecular complexity index is 710. The first kappa shape index (κ1) is 16.4. The van der Waals surface area contributed by atoms with Crippen LogP contribution in [0.5, 0.6) is 11.5 Å². The topological polar surface area (TPSA) is 77.8 Å². The molecule has 0 fully saturated rings. The van der Waals surface area contributed by atoms with Crippen LogP contribution in [0.3, 0.4) is 0 Å². The quantitative estimate of drug-likeness (QED) is 0.844. The molecular weight excluding hydrogens is 306 g/mol. The highest BCUT2D eigenvalue weighted by molar-refractivity contribution is 7.89. The molecule has 22 heavy (non-hydrogen) atoms. The van der Waals surface area contributed by atoms with Gasteiger partial charge in [-0.05, 0) is 37.1 Å². The van der Waals surface area contributed by atoms with Crippen molar-refractivity contribution in [3.63, 3.8) is 0 Å². The third-order valence-corrected chi connectivity index (χ3v) is 4.73. The molecule has 0 aliphatic rings. The molecule has 1 aromatic carbocycles. The van der Waals surface area contributed by atoms with Gasteiger partial charge in [-0.25, -0.2) is 13.1 Å². The van der Waals surface area contributed by atoms with Gasteiger partial charge >= 0.3 is 0 Å². The summed E-state index contributed by atoms with van der Waals surface area (Å²) in [5.41, 5.74) is 0.933. The lowest BCUT2D eigenvalue weighted by Crippen LogP contribution is -2.34. The maximum Gasteiger partial charge on any atom is 0.240 e. The Hall–Kier alpha value is -1.99. The van der Waals surface area contributed by atoms with Gasteiger partial charge in [-0.15, -0.1) is 0 Å². The number of rotatable bonds is 7. The summed E-state index contributed by atoms with van der Waals surface area (Å²) in [4.78, 5) is 0.129. The molecule has 6 nitrogen and oxygen atoms in total. The Labute approximate surface area is 130 Å². The van der Waals surface area contributed by atoms with E-state index in [1.807, 2.05) is 0 Å². The van der Waals surface area contributed by atoms with Crippen LogP contribution >= 0.6 is 0 Å². The summed E-state index contributed by atoms with van der Waals surface area (Å²) in [6.45, 7) is 1.80.